The zero-order valence-electron chi connectivity index (χ0n) is 17.1. The lowest BCUT2D eigenvalue weighted by Crippen LogP contribution is -2.41. The van der Waals surface area contributed by atoms with E-state index in [1.807, 2.05) is 6.07 Å². The van der Waals surface area contributed by atoms with Gasteiger partial charge in [0, 0.05) is 30.3 Å². The third kappa shape index (κ3) is 4.18. The minimum Gasteiger partial charge on any atom is -0.326 e. The van der Waals surface area contributed by atoms with Crippen LogP contribution in [0.2, 0.25) is 0 Å². The highest BCUT2D eigenvalue weighted by atomic mass is 32.2. The number of ketones is 1. The second-order valence-electron chi connectivity index (χ2n) is 8.09. The molecule has 7 heteroatoms. The topological polar surface area (TPSA) is 83.6 Å². The third-order valence-corrected chi connectivity index (χ3v) is 7.96. The number of Topliss-reactive ketones (excluding diaryl/α,β-unsaturated/α-hetero) is 1. The number of hydrogen-bond acceptors (Lipinski definition) is 4. The lowest BCUT2D eigenvalue weighted by molar-refractivity contribution is -0.120. The van der Waals surface area contributed by atoms with Crippen LogP contribution in [0.25, 0.3) is 0 Å². The average molecular weight is 427 g/mol. The van der Waals surface area contributed by atoms with Crippen molar-refractivity contribution in [3.05, 3.63) is 59.2 Å². The summed E-state index contributed by atoms with van der Waals surface area (Å²) in [5.41, 5.74) is 3.86. The summed E-state index contributed by atoms with van der Waals surface area (Å²) in [4.78, 5) is 24.4. The van der Waals surface area contributed by atoms with Gasteiger partial charge in [-0.2, -0.15) is 4.31 Å². The van der Waals surface area contributed by atoms with Gasteiger partial charge in [0.25, 0.3) is 0 Å². The Balaban J connectivity index is 1.39. The number of carbonyl (C=O) groups is 2. The largest absolute Gasteiger partial charge is 0.326 e. The van der Waals surface area contributed by atoms with E-state index in [2.05, 4.69) is 17.4 Å². The number of carbonyl (C=O) groups excluding carboxylic acids is 2. The number of aryl methyl sites for hydroxylation is 2. The molecule has 1 aliphatic carbocycles. The van der Waals surface area contributed by atoms with Crippen LogP contribution in [0.15, 0.2) is 47.4 Å². The van der Waals surface area contributed by atoms with Gasteiger partial charge in [-0.1, -0.05) is 18.2 Å². The Morgan fingerprint density at radius 1 is 1.00 bits per heavy atom. The van der Waals surface area contributed by atoms with Crippen molar-refractivity contribution in [1.29, 1.82) is 0 Å². The Bertz CT molecular complexity index is 1090. The fraction of sp³-hybridized carbons (Fsp3) is 0.391. The summed E-state index contributed by atoms with van der Waals surface area (Å²) in [6.45, 7) is 1.99. The second-order valence-corrected chi connectivity index (χ2v) is 10.0. The third-order valence-electron chi connectivity index (χ3n) is 6.07. The minimum absolute atomic E-state index is 0.0522. The summed E-state index contributed by atoms with van der Waals surface area (Å²) in [5, 5.41) is 3.00. The van der Waals surface area contributed by atoms with Gasteiger partial charge in [-0.25, -0.2) is 8.42 Å². The first-order chi connectivity index (χ1) is 14.3. The number of nitrogens with one attached hydrogen (secondary N) is 1. The van der Waals surface area contributed by atoms with E-state index in [1.165, 1.54) is 34.5 Å². The van der Waals surface area contributed by atoms with Crippen LogP contribution in [0, 0.1) is 5.92 Å². The van der Waals surface area contributed by atoms with E-state index in [0.29, 0.717) is 18.4 Å². The zero-order chi connectivity index (χ0) is 21.3. The van der Waals surface area contributed by atoms with Crippen molar-refractivity contribution in [2.24, 2.45) is 5.92 Å². The molecule has 4 rings (SSSR count). The molecule has 0 bridgehead atoms. The number of anilines is 1. The molecule has 6 nitrogen and oxygen atoms in total. The molecule has 158 valence electrons. The van der Waals surface area contributed by atoms with E-state index in [0.717, 1.165) is 24.9 Å². The van der Waals surface area contributed by atoms with Crippen LogP contribution in [-0.4, -0.2) is 37.5 Å². The number of benzene rings is 2. The van der Waals surface area contributed by atoms with Crippen LogP contribution in [0.5, 0.6) is 0 Å². The maximum atomic E-state index is 13.0. The molecule has 1 N–H and O–H groups in total. The minimum atomic E-state index is -3.68. The fourth-order valence-electron chi connectivity index (χ4n) is 4.28. The molecule has 1 saturated heterocycles. The van der Waals surface area contributed by atoms with Crippen LogP contribution in [-0.2, 0) is 27.7 Å². The second kappa shape index (κ2) is 8.32. The number of piperidine rings is 1. The summed E-state index contributed by atoms with van der Waals surface area (Å²) in [6.07, 6.45) is 4.27. The SMILES string of the molecule is CC(=O)c1cccc(S(=O)(=O)N2CCC(C(=O)Nc3ccc4c(c3)CCC4)CC2)c1. The first kappa shape index (κ1) is 20.8. The Labute approximate surface area is 177 Å². The molecule has 0 unspecified atom stereocenters. The summed E-state index contributed by atoms with van der Waals surface area (Å²) < 4.78 is 27.3. The molecule has 1 aliphatic heterocycles. The molecule has 0 aromatic heterocycles. The van der Waals surface area contributed by atoms with Gasteiger partial charge in [0.05, 0.1) is 4.90 Å². The number of nitrogens with zero attached hydrogens (tertiary/aromatic N) is 1. The van der Waals surface area contributed by atoms with E-state index in [1.54, 1.807) is 12.1 Å². The maximum Gasteiger partial charge on any atom is 0.243 e. The lowest BCUT2D eigenvalue weighted by atomic mass is 9.97. The molecule has 1 heterocycles. The van der Waals surface area contributed by atoms with Crippen LogP contribution in [0.4, 0.5) is 5.69 Å². The fourth-order valence-corrected chi connectivity index (χ4v) is 5.79. The Hall–Kier alpha value is -2.51. The van der Waals surface area contributed by atoms with Crippen molar-refractivity contribution in [2.75, 3.05) is 18.4 Å². The monoisotopic (exact) mass is 426 g/mol. The molecule has 30 heavy (non-hydrogen) atoms. The maximum absolute atomic E-state index is 13.0. The first-order valence-corrected chi connectivity index (χ1v) is 11.8. The number of hydrogen-bond donors (Lipinski definition) is 1. The molecular weight excluding hydrogens is 400 g/mol. The van der Waals surface area contributed by atoms with Crippen molar-refractivity contribution < 1.29 is 18.0 Å². The van der Waals surface area contributed by atoms with Gasteiger partial charge >= 0.3 is 0 Å². The van der Waals surface area contributed by atoms with E-state index in [9.17, 15) is 18.0 Å². The average Bonchev–Trinajstić information content (AvgIpc) is 3.22. The quantitative estimate of drug-likeness (QED) is 0.743. The van der Waals surface area contributed by atoms with Crippen molar-refractivity contribution in [2.45, 2.75) is 43.9 Å². The van der Waals surface area contributed by atoms with E-state index in [-0.39, 0.29) is 35.6 Å². The predicted octanol–water partition coefficient (Wildman–Crippen LogP) is 3.42. The Morgan fingerprint density at radius 3 is 2.47 bits per heavy atom. The number of fused-ring (bicyclic) bond motifs is 1. The van der Waals surface area contributed by atoms with Crippen molar-refractivity contribution in [3.63, 3.8) is 0 Å². The molecule has 0 spiro atoms. The summed E-state index contributed by atoms with van der Waals surface area (Å²) in [7, 11) is -3.68. The molecule has 1 amide bonds. The van der Waals surface area contributed by atoms with Crippen LogP contribution < -0.4 is 5.32 Å². The Morgan fingerprint density at radius 2 is 1.73 bits per heavy atom. The van der Waals surface area contributed by atoms with Gasteiger partial charge in [0.1, 0.15) is 0 Å². The first-order valence-electron chi connectivity index (χ1n) is 10.4. The van der Waals surface area contributed by atoms with E-state index in [4.69, 9.17) is 0 Å². The zero-order valence-corrected chi connectivity index (χ0v) is 17.9. The van der Waals surface area contributed by atoms with E-state index < -0.39 is 10.0 Å². The smallest absolute Gasteiger partial charge is 0.243 e. The standard InChI is InChI=1S/C23H26N2O4S/c1-16(26)19-5-3-7-22(15-19)30(28,29)25-12-10-18(11-13-25)23(27)24-21-9-8-17-4-2-6-20(17)14-21/h3,5,7-9,14-15,18H,2,4,6,10-13H2,1H3,(H,24,27). The molecule has 2 aliphatic rings. The van der Waals surface area contributed by atoms with Gasteiger partial charge in [0.15, 0.2) is 5.78 Å². The van der Waals surface area contributed by atoms with Gasteiger partial charge in [-0.15, -0.1) is 0 Å². The molecule has 1 fully saturated rings. The van der Waals surface area contributed by atoms with Crippen molar-refractivity contribution in [3.8, 4) is 0 Å². The number of sulfonamides is 1. The van der Waals surface area contributed by atoms with Gasteiger partial charge in [-0.3, -0.25) is 9.59 Å². The lowest BCUT2D eigenvalue weighted by Gasteiger charge is -2.30. The highest BCUT2D eigenvalue weighted by Gasteiger charge is 2.32. The van der Waals surface area contributed by atoms with Gasteiger partial charge in [-0.05, 0) is 74.4 Å². The van der Waals surface area contributed by atoms with Crippen molar-refractivity contribution >= 4 is 27.4 Å². The molecule has 2 aromatic carbocycles. The number of amides is 1. The van der Waals surface area contributed by atoms with E-state index >= 15 is 0 Å². The van der Waals surface area contributed by atoms with Gasteiger partial charge in [0.2, 0.25) is 15.9 Å². The highest BCUT2D eigenvalue weighted by Crippen LogP contribution is 2.28. The summed E-state index contributed by atoms with van der Waals surface area (Å²) in [5.74, 6) is -0.439. The van der Waals surface area contributed by atoms with Crippen LogP contribution >= 0.6 is 0 Å². The Kier molecular flexibility index (Phi) is 5.75. The van der Waals surface area contributed by atoms with Gasteiger partial charge < -0.3 is 5.32 Å². The van der Waals surface area contributed by atoms with Crippen LogP contribution in [0.3, 0.4) is 0 Å². The van der Waals surface area contributed by atoms with Crippen LogP contribution in [0.1, 0.15) is 47.7 Å². The summed E-state index contributed by atoms with van der Waals surface area (Å²) in [6, 6.07) is 12.2. The normalized spacial score (nSPS) is 17.5. The molecule has 0 saturated carbocycles. The molecule has 2 aromatic rings. The highest BCUT2D eigenvalue weighted by molar-refractivity contribution is 7.89. The van der Waals surface area contributed by atoms with Crippen molar-refractivity contribution in [1.82, 2.24) is 4.31 Å². The summed E-state index contributed by atoms with van der Waals surface area (Å²) >= 11 is 0. The molecule has 0 radical (unpaired) electrons. The number of rotatable bonds is 5. The molecular formula is C23H26N2O4S. The molecule has 0 atom stereocenters. The predicted molar refractivity (Wildman–Crippen MR) is 115 cm³/mol.